The molecule has 0 aromatic rings. The van der Waals surface area contributed by atoms with Crippen LogP contribution in [-0.2, 0) is 4.74 Å². The van der Waals surface area contributed by atoms with Crippen LogP contribution in [0.3, 0.4) is 0 Å². The van der Waals surface area contributed by atoms with Crippen molar-refractivity contribution < 1.29 is 9.84 Å². The van der Waals surface area contributed by atoms with Crippen molar-refractivity contribution >= 4 is 0 Å². The number of aliphatic hydroxyl groups is 1. The highest BCUT2D eigenvalue weighted by Crippen LogP contribution is 2.13. The molecular weight excluding hydrogens is 202 g/mol. The number of hydrogen-bond donors (Lipinski definition) is 2. The lowest BCUT2D eigenvalue weighted by atomic mass is 9.93. The predicted octanol–water partition coefficient (Wildman–Crippen LogP) is 2.32. The van der Waals surface area contributed by atoms with Gasteiger partial charge in [0, 0.05) is 18.8 Å². The van der Waals surface area contributed by atoms with Crippen molar-refractivity contribution in [2.24, 2.45) is 11.7 Å². The molecule has 0 aromatic heterocycles. The van der Waals surface area contributed by atoms with Crippen molar-refractivity contribution in [3.63, 3.8) is 0 Å². The van der Waals surface area contributed by atoms with Gasteiger partial charge in [0.2, 0.25) is 0 Å². The number of hydrogen-bond acceptors (Lipinski definition) is 3. The third kappa shape index (κ3) is 8.08. The van der Waals surface area contributed by atoms with Crippen LogP contribution in [0.15, 0.2) is 0 Å². The van der Waals surface area contributed by atoms with Crippen LogP contribution in [0.5, 0.6) is 0 Å². The summed E-state index contributed by atoms with van der Waals surface area (Å²) >= 11 is 0. The van der Waals surface area contributed by atoms with Crippen LogP contribution in [-0.4, -0.2) is 30.5 Å². The first-order valence-corrected chi connectivity index (χ1v) is 6.51. The molecule has 0 heterocycles. The van der Waals surface area contributed by atoms with Crippen LogP contribution < -0.4 is 5.73 Å². The summed E-state index contributed by atoms with van der Waals surface area (Å²) in [6, 6.07) is 0. The Morgan fingerprint density at radius 1 is 1.25 bits per heavy atom. The number of rotatable bonds is 10. The molecule has 0 spiro atoms. The highest BCUT2D eigenvalue weighted by atomic mass is 16.5. The molecule has 0 bridgehead atoms. The molecule has 98 valence electrons. The predicted molar refractivity (Wildman–Crippen MR) is 68.4 cm³/mol. The van der Waals surface area contributed by atoms with Gasteiger partial charge in [-0.1, -0.05) is 20.8 Å². The van der Waals surface area contributed by atoms with E-state index in [1.165, 1.54) is 6.42 Å². The van der Waals surface area contributed by atoms with Crippen molar-refractivity contribution in [1.82, 2.24) is 0 Å². The Hall–Kier alpha value is -0.120. The Morgan fingerprint density at radius 2 is 1.88 bits per heavy atom. The van der Waals surface area contributed by atoms with Gasteiger partial charge in [0.25, 0.3) is 0 Å². The zero-order chi connectivity index (χ0) is 12.4. The molecule has 0 aliphatic rings. The van der Waals surface area contributed by atoms with E-state index in [0.717, 1.165) is 44.8 Å². The third-order valence-corrected chi connectivity index (χ3v) is 3.05. The van der Waals surface area contributed by atoms with Crippen LogP contribution in [0.2, 0.25) is 0 Å². The highest BCUT2D eigenvalue weighted by Gasteiger charge is 2.20. The minimum Gasteiger partial charge on any atom is -0.394 e. The van der Waals surface area contributed by atoms with Crippen LogP contribution >= 0.6 is 0 Å². The zero-order valence-electron chi connectivity index (χ0n) is 11.2. The van der Waals surface area contributed by atoms with Gasteiger partial charge < -0.3 is 15.6 Å². The zero-order valence-corrected chi connectivity index (χ0v) is 11.2. The minimum absolute atomic E-state index is 0.0663. The Morgan fingerprint density at radius 3 is 2.38 bits per heavy atom. The van der Waals surface area contributed by atoms with E-state index in [-0.39, 0.29) is 6.61 Å². The van der Waals surface area contributed by atoms with Gasteiger partial charge in [0.05, 0.1) is 6.61 Å². The highest BCUT2D eigenvalue weighted by molar-refractivity contribution is 4.81. The summed E-state index contributed by atoms with van der Waals surface area (Å²) in [4.78, 5) is 0. The maximum atomic E-state index is 9.12. The van der Waals surface area contributed by atoms with Gasteiger partial charge in [-0.3, -0.25) is 0 Å². The fourth-order valence-corrected chi connectivity index (χ4v) is 1.59. The van der Waals surface area contributed by atoms with Crippen LogP contribution in [0.4, 0.5) is 0 Å². The van der Waals surface area contributed by atoms with Crippen molar-refractivity contribution in [2.75, 3.05) is 19.8 Å². The van der Waals surface area contributed by atoms with Gasteiger partial charge in [-0.15, -0.1) is 0 Å². The van der Waals surface area contributed by atoms with E-state index in [4.69, 9.17) is 15.6 Å². The van der Waals surface area contributed by atoms with E-state index >= 15 is 0 Å². The standard InChI is InChI=1S/C13H29NO2/c1-4-13(14,11-15)8-6-10-16-9-5-7-12(2)3/h12,15H,4-11,14H2,1-3H3. The number of ether oxygens (including phenoxy) is 1. The molecule has 0 aliphatic heterocycles. The summed E-state index contributed by atoms with van der Waals surface area (Å²) < 4.78 is 5.53. The molecule has 3 N–H and O–H groups in total. The largest absolute Gasteiger partial charge is 0.394 e. The summed E-state index contributed by atoms with van der Waals surface area (Å²) in [6.07, 6.45) is 4.96. The molecule has 0 fully saturated rings. The summed E-state index contributed by atoms with van der Waals surface area (Å²) in [5.41, 5.74) is 5.57. The Bertz CT molecular complexity index is 156. The summed E-state index contributed by atoms with van der Waals surface area (Å²) in [5, 5.41) is 9.12. The summed E-state index contributed by atoms with van der Waals surface area (Å²) in [7, 11) is 0. The summed E-state index contributed by atoms with van der Waals surface area (Å²) in [5.74, 6) is 0.759. The minimum atomic E-state index is -0.401. The van der Waals surface area contributed by atoms with E-state index in [1.54, 1.807) is 0 Å². The van der Waals surface area contributed by atoms with Crippen molar-refractivity contribution in [3.05, 3.63) is 0 Å². The Labute approximate surface area is 100 Å². The quantitative estimate of drug-likeness (QED) is 0.567. The first-order chi connectivity index (χ1) is 7.54. The molecule has 0 radical (unpaired) electrons. The lowest BCUT2D eigenvalue weighted by Crippen LogP contribution is -2.43. The van der Waals surface area contributed by atoms with Crippen LogP contribution in [0, 0.1) is 5.92 Å². The molecule has 0 aliphatic carbocycles. The van der Waals surface area contributed by atoms with Crippen molar-refractivity contribution in [1.29, 1.82) is 0 Å². The molecule has 3 heteroatoms. The lowest BCUT2D eigenvalue weighted by molar-refractivity contribution is 0.110. The van der Waals surface area contributed by atoms with Crippen LogP contribution in [0.25, 0.3) is 0 Å². The normalized spacial score (nSPS) is 15.4. The number of aliphatic hydroxyl groups excluding tert-OH is 1. The monoisotopic (exact) mass is 231 g/mol. The lowest BCUT2D eigenvalue weighted by Gasteiger charge is -2.25. The maximum absolute atomic E-state index is 9.12. The average molecular weight is 231 g/mol. The van der Waals surface area contributed by atoms with Gasteiger partial charge in [0.15, 0.2) is 0 Å². The van der Waals surface area contributed by atoms with Gasteiger partial charge in [-0.25, -0.2) is 0 Å². The average Bonchev–Trinajstić information content (AvgIpc) is 2.27. The second-order valence-electron chi connectivity index (χ2n) is 5.13. The second kappa shape index (κ2) is 8.97. The molecule has 16 heavy (non-hydrogen) atoms. The van der Waals surface area contributed by atoms with Gasteiger partial charge in [-0.2, -0.15) is 0 Å². The van der Waals surface area contributed by atoms with E-state index in [0.29, 0.717) is 0 Å². The molecule has 0 saturated heterocycles. The smallest absolute Gasteiger partial charge is 0.0611 e. The molecule has 0 rings (SSSR count). The molecular formula is C13H29NO2. The van der Waals surface area contributed by atoms with E-state index in [1.807, 2.05) is 6.92 Å². The van der Waals surface area contributed by atoms with Crippen LogP contribution in [0.1, 0.15) is 52.9 Å². The fourth-order valence-electron chi connectivity index (χ4n) is 1.59. The molecule has 3 nitrogen and oxygen atoms in total. The molecule has 0 aromatic carbocycles. The van der Waals surface area contributed by atoms with E-state index in [2.05, 4.69) is 13.8 Å². The summed E-state index contributed by atoms with van der Waals surface area (Å²) in [6.45, 7) is 8.14. The molecule has 1 atom stereocenters. The van der Waals surface area contributed by atoms with E-state index < -0.39 is 5.54 Å². The van der Waals surface area contributed by atoms with Gasteiger partial charge in [-0.05, 0) is 38.0 Å². The Balaban J connectivity index is 3.33. The van der Waals surface area contributed by atoms with Crippen molar-refractivity contribution in [2.45, 2.75) is 58.4 Å². The van der Waals surface area contributed by atoms with E-state index in [9.17, 15) is 0 Å². The van der Waals surface area contributed by atoms with Crippen molar-refractivity contribution in [3.8, 4) is 0 Å². The maximum Gasteiger partial charge on any atom is 0.0611 e. The molecule has 0 saturated carbocycles. The fraction of sp³-hybridized carbons (Fsp3) is 1.00. The third-order valence-electron chi connectivity index (χ3n) is 3.05. The molecule has 1 unspecified atom stereocenters. The van der Waals surface area contributed by atoms with Gasteiger partial charge >= 0.3 is 0 Å². The first kappa shape index (κ1) is 15.9. The second-order valence-corrected chi connectivity index (χ2v) is 5.13. The Kier molecular flexibility index (Phi) is 8.90. The first-order valence-electron chi connectivity index (χ1n) is 6.51. The molecule has 0 amide bonds. The topological polar surface area (TPSA) is 55.5 Å². The SMILES string of the molecule is CCC(N)(CO)CCCOCCCC(C)C. The number of nitrogens with two attached hydrogens (primary N) is 1. The van der Waals surface area contributed by atoms with Gasteiger partial charge in [0.1, 0.15) is 0 Å².